The van der Waals surface area contributed by atoms with Gasteiger partial charge in [-0.1, -0.05) is 29.3 Å². The first-order valence-corrected chi connectivity index (χ1v) is 11.0. The average Bonchev–Trinajstić information content (AvgIpc) is 3.23. The number of carbonyl (C=O) groups excluding carboxylic acids is 1. The minimum atomic E-state index is -4.51. The topological polar surface area (TPSA) is 83.9 Å². The van der Waals surface area contributed by atoms with Crippen molar-refractivity contribution in [2.45, 2.75) is 19.0 Å². The Hall–Kier alpha value is -2.98. The van der Waals surface area contributed by atoms with Crippen LogP contribution in [-0.2, 0) is 6.18 Å². The van der Waals surface area contributed by atoms with E-state index in [0.717, 1.165) is 18.0 Å². The zero-order chi connectivity index (χ0) is 24.5. The van der Waals surface area contributed by atoms with Crippen molar-refractivity contribution in [2.24, 2.45) is 5.92 Å². The zero-order valence-corrected chi connectivity index (χ0v) is 19.4. The molecule has 1 aromatic carbocycles. The van der Waals surface area contributed by atoms with Crippen LogP contribution in [-0.4, -0.2) is 50.6 Å². The summed E-state index contributed by atoms with van der Waals surface area (Å²) in [6.45, 7) is 2.90. The molecule has 1 aliphatic rings. The monoisotopic (exact) mass is 510 g/mol. The molecule has 0 bridgehead atoms. The van der Waals surface area contributed by atoms with Crippen LogP contribution < -0.4 is 5.32 Å². The summed E-state index contributed by atoms with van der Waals surface area (Å²) in [4.78, 5) is 22.3. The fraction of sp³-hybridized carbons (Fsp3) is 0.318. The van der Waals surface area contributed by atoms with Crippen molar-refractivity contribution < 1.29 is 18.0 Å². The van der Waals surface area contributed by atoms with E-state index in [1.165, 1.54) is 6.20 Å². The highest BCUT2D eigenvalue weighted by molar-refractivity contribution is 6.42. The molecule has 2 aromatic heterocycles. The van der Waals surface area contributed by atoms with E-state index in [2.05, 4.69) is 25.5 Å². The lowest BCUT2D eigenvalue weighted by atomic mass is 9.89. The number of nitrogens with zero attached hydrogens (tertiary/aromatic N) is 5. The molecule has 7 nitrogen and oxygen atoms in total. The van der Waals surface area contributed by atoms with E-state index in [9.17, 15) is 18.0 Å². The van der Waals surface area contributed by atoms with E-state index < -0.39 is 11.7 Å². The third-order valence-corrected chi connectivity index (χ3v) is 6.36. The summed E-state index contributed by atoms with van der Waals surface area (Å²) >= 11 is 12.3. The summed E-state index contributed by atoms with van der Waals surface area (Å²) < 4.78 is 38.3. The number of anilines is 1. The molecular formula is C22H19Cl2F3N6O. The highest BCUT2D eigenvalue weighted by atomic mass is 35.5. The standard InChI is InChI=1S/C22H19Cl2F3N6O/c1-12-4-14(7-31-32-12)20(34)33-10-15(17(11-33)13-2-3-18(23)19(24)5-13)6-28-21-29-8-16(9-30-21)22(25,26)27/h2-5,7-9,15,17H,6,10-11H2,1H3,(H,28,29,30)/t15-,17?/m0/s1. The highest BCUT2D eigenvalue weighted by Gasteiger charge is 2.37. The second kappa shape index (κ2) is 9.71. The normalized spacial score (nSPS) is 18.2. The molecule has 0 aliphatic carbocycles. The predicted octanol–water partition coefficient (Wildman–Crippen LogP) is 4.87. The molecule has 1 aliphatic heterocycles. The number of aryl methyl sites for hydroxylation is 1. The lowest BCUT2D eigenvalue weighted by Gasteiger charge is -2.19. The largest absolute Gasteiger partial charge is 0.419 e. The van der Waals surface area contributed by atoms with Gasteiger partial charge >= 0.3 is 6.18 Å². The molecule has 3 heterocycles. The first kappa shape index (κ1) is 24.2. The van der Waals surface area contributed by atoms with Crippen molar-refractivity contribution in [1.82, 2.24) is 25.1 Å². The van der Waals surface area contributed by atoms with Crippen molar-refractivity contribution in [1.29, 1.82) is 0 Å². The number of benzene rings is 1. The maximum Gasteiger partial charge on any atom is 0.419 e. The number of hydrogen-bond acceptors (Lipinski definition) is 6. The Kier molecular flexibility index (Phi) is 6.90. The lowest BCUT2D eigenvalue weighted by molar-refractivity contribution is -0.138. The van der Waals surface area contributed by atoms with Crippen LogP contribution in [0.2, 0.25) is 10.0 Å². The quantitative estimate of drug-likeness (QED) is 0.527. The summed E-state index contributed by atoms with van der Waals surface area (Å²) in [6.07, 6.45) is -1.63. The Bertz CT molecular complexity index is 1190. The Labute approximate surface area is 203 Å². The maximum absolute atomic E-state index is 13.1. The van der Waals surface area contributed by atoms with Gasteiger partial charge in [0, 0.05) is 43.9 Å². The van der Waals surface area contributed by atoms with E-state index in [1.54, 1.807) is 30.0 Å². The first-order chi connectivity index (χ1) is 16.1. The van der Waals surface area contributed by atoms with E-state index >= 15 is 0 Å². The van der Waals surface area contributed by atoms with Crippen LogP contribution in [0.1, 0.15) is 33.1 Å². The number of alkyl halides is 3. The number of halogens is 5. The van der Waals surface area contributed by atoms with E-state index in [-0.39, 0.29) is 23.7 Å². The minimum absolute atomic E-state index is 0.0691. The van der Waals surface area contributed by atoms with Gasteiger partial charge < -0.3 is 10.2 Å². The van der Waals surface area contributed by atoms with Crippen molar-refractivity contribution in [3.05, 3.63) is 75.3 Å². The summed E-state index contributed by atoms with van der Waals surface area (Å²) in [7, 11) is 0. The number of hydrogen-bond donors (Lipinski definition) is 1. The van der Waals surface area contributed by atoms with E-state index in [0.29, 0.717) is 40.9 Å². The molecule has 12 heteroatoms. The Morgan fingerprint density at radius 3 is 2.50 bits per heavy atom. The van der Waals surface area contributed by atoms with E-state index in [1.807, 2.05) is 6.07 Å². The van der Waals surface area contributed by atoms with Gasteiger partial charge in [-0.05, 0) is 30.7 Å². The smallest absolute Gasteiger partial charge is 0.354 e. The molecule has 2 atom stereocenters. The Balaban J connectivity index is 1.54. The van der Waals surface area contributed by atoms with Crippen LogP contribution in [0.25, 0.3) is 0 Å². The number of rotatable bonds is 5. The molecule has 1 amide bonds. The molecule has 1 fully saturated rings. The molecule has 1 unspecified atom stereocenters. The molecule has 0 spiro atoms. The van der Waals surface area contributed by atoms with Gasteiger partial charge in [0.2, 0.25) is 5.95 Å². The van der Waals surface area contributed by atoms with Crippen molar-refractivity contribution >= 4 is 35.1 Å². The SMILES string of the molecule is Cc1cc(C(=O)N2CC(c3ccc(Cl)c(Cl)c3)[C@@H](CNc3ncc(C(F)(F)F)cn3)C2)cnn1. The molecule has 1 saturated heterocycles. The number of nitrogens with one attached hydrogen (secondary N) is 1. The molecule has 34 heavy (non-hydrogen) atoms. The number of aromatic nitrogens is 4. The van der Waals surface area contributed by atoms with Crippen molar-refractivity contribution in [3.8, 4) is 0 Å². The summed E-state index contributed by atoms with van der Waals surface area (Å²) in [6, 6.07) is 6.99. The van der Waals surface area contributed by atoms with E-state index in [4.69, 9.17) is 23.2 Å². The number of amides is 1. The third-order valence-electron chi connectivity index (χ3n) is 5.63. The first-order valence-electron chi connectivity index (χ1n) is 10.3. The van der Waals surface area contributed by atoms with Crippen molar-refractivity contribution in [3.63, 3.8) is 0 Å². The Morgan fingerprint density at radius 2 is 1.85 bits per heavy atom. The molecule has 4 rings (SSSR count). The van der Waals surface area contributed by atoms with Gasteiger partial charge in [-0.3, -0.25) is 4.79 Å². The fourth-order valence-electron chi connectivity index (χ4n) is 3.93. The van der Waals surface area contributed by atoms with Crippen molar-refractivity contribution in [2.75, 3.05) is 25.0 Å². The number of carbonyl (C=O) groups is 1. The summed E-state index contributed by atoms with van der Waals surface area (Å²) in [5.74, 6) is -0.310. The van der Waals surface area contributed by atoms with Gasteiger partial charge in [0.1, 0.15) is 0 Å². The predicted molar refractivity (Wildman–Crippen MR) is 121 cm³/mol. The van der Waals surface area contributed by atoms with Crippen LogP contribution in [0.4, 0.5) is 19.1 Å². The van der Waals surface area contributed by atoms with Gasteiger partial charge in [-0.2, -0.15) is 23.4 Å². The zero-order valence-electron chi connectivity index (χ0n) is 17.9. The number of likely N-dealkylation sites (tertiary alicyclic amines) is 1. The molecule has 1 N–H and O–H groups in total. The van der Waals surface area contributed by atoms with Gasteiger partial charge in [-0.25, -0.2) is 9.97 Å². The van der Waals surface area contributed by atoms with Gasteiger partial charge in [0.15, 0.2) is 0 Å². The second-order valence-corrected chi connectivity index (χ2v) is 8.82. The molecule has 0 radical (unpaired) electrons. The van der Waals surface area contributed by atoms with Gasteiger partial charge in [0.05, 0.1) is 33.1 Å². The van der Waals surface area contributed by atoms with Crippen LogP contribution >= 0.6 is 23.2 Å². The van der Waals surface area contributed by atoms with Crippen LogP contribution in [0.3, 0.4) is 0 Å². The van der Waals surface area contributed by atoms with Gasteiger partial charge in [-0.15, -0.1) is 0 Å². The second-order valence-electron chi connectivity index (χ2n) is 8.01. The Morgan fingerprint density at radius 1 is 1.12 bits per heavy atom. The average molecular weight is 511 g/mol. The maximum atomic E-state index is 13.1. The van der Waals surface area contributed by atoms with Crippen LogP contribution in [0.15, 0.2) is 42.9 Å². The fourth-order valence-corrected chi connectivity index (χ4v) is 4.23. The molecule has 178 valence electrons. The highest BCUT2D eigenvalue weighted by Crippen LogP contribution is 2.36. The van der Waals surface area contributed by atoms with Gasteiger partial charge in [0.25, 0.3) is 5.91 Å². The molecule has 0 saturated carbocycles. The van der Waals surface area contributed by atoms with Crippen LogP contribution in [0, 0.1) is 12.8 Å². The van der Waals surface area contributed by atoms with Crippen LogP contribution in [0.5, 0.6) is 0 Å². The minimum Gasteiger partial charge on any atom is -0.354 e. The summed E-state index contributed by atoms with van der Waals surface area (Å²) in [5, 5.41) is 11.6. The molecule has 3 aromatic rings. The summed E-state index contributed by atoms with van der Waals surface area (Å²) in [5.41, 5.74) is 1.03. The third kappa shape index (κ3) is 5.39. The molecular weight excluding hydrogens is 492 g/mol. The lowest BCUT2D eigenvalue weighted by Crippen LogP contribution is -2.30.